The van der Waals surface area contributed by atoms with E-state index in [1.54, 1.807) is 4.68 Å². The van der Waals surface area contributed by atoms with Gasteiger partial charge in [0, 0.05) is 5.92 Å². The first-order valence-corrected chi connectivity index (χ1v) is 7.22. The van der Waals surface area contributed by atoms with Crippen LogP contribution in [0.5, 0.6) is 0 Å². The molecule has 1 N–H and O–H groups in total. The number of hydrogen-bond acceptors (Lipinski definition) is 5. The Labute approximate surface area is 117 Å². The second-order valence-electron chi connectivity index (χ2n) is 6.06. The van der Waals surface area contributed by atoms with Gasteiger partial charge in [0.25, 0.3) is 0 Å². The fourth-order valence-electron chi connectivity index (χ4n) is 3.39. The van der Waals surface area contributed by atoms with Crippen molar-refractivity contribution in [3.63, 3.8) is 0 Å². The molecule has 3 rings (SSSR count). The highest BCUT2D eigenvalue weighted by molar-refractivity contribution is 5.74. The molecule has 1 aliphatic carbocycles. The number of tetrazole rings is 1. The minimum absolute atomic E-state index is 0.173. The number of ether oxygens (including phenoxy) is 1. The maximum Gasteiger partial charge on any atom is 0.311 e. The summed E-state index contributed by atoms with van der Waals surface area (Å²) in [4.78, 5) is 11.6. The van der Waals surface area contributed by atoms with E-state index in [0.29, 0.717) is 26.0 Å². The summed E-state index contributed by atoms with van der Waals surface area (Å²) in [6.45, 7) is 3.01. The van der Waals surface area contributed by atoms with Gasteiger partial charge in [-0.3, -0.25) is 4.79 Å². The molecule has 0 aromatic carbocycles. The lowest BCUT2D eigenvalue weighted by Gasteiger charge is -2.24. The number of nitrogens with zero attached hydrogens (tertiary/aromatic N) is 4. The normalized spacial score (nSPS) is 28.9. The van der Waals surface area contributed by atoms with Gasteiger partial charge in [-0.25, -0.2) is 4.68 Å². The van der Waals surface area contributed by atoms with Gasteiger partial charge in [-0.1, -0.05) is 12.8 Å². The first-order chi connectivity index (χ1) is 9.61. The molecule has 2 aliphatic rings. The van der Waals surface area contributed by atoms with Gasteiger partial charge in [0.2, 0.25) is 0 Å². The zero-order valence-corrected chi connectivity index (χ0v) is 11.7. The number of carboxylic acid groups (broad SMARTS) is 1. The smallest absolute Gasteiger partial charge is 0.311 e. The number of aromatic nitrogens is 4. The number of carboxylic acids is 1. The molecule has 2 unspecified atom stereocenters. The van der Waals surface area contributed by atoms with Crippen LogP contribution in [0, 0.1) is 5.41 Å². The van der Waals surface area contributed by atoms with Gasteiger partial charge in [0.1, 0.15) is 0 Å². The van der Waals surface area contributed by atoms with Crippen molar-refractivity contribution >= 4 is 5.97 Å². The molecule has 7 nitrogen and oxygen atoms in total. The molecular weight excluding hydrogens is 260 g/mol. The van der Waals surface area contributed by atoms with Gasteiger partial charge in [0.15, 0.2) is 5.82 Å². The molecule has 7 heteroatoms. The van der Waals surface area contributed by atoms with Crippen molar-refractivity contribution in [2.75, 3.05) is 6.61 Å². The molecule has 1 saturated carbocycles. The molecule has 0 spiro atoms. The van der Waals surface area contributed by atoms with Crippen LogP contribution in [0.15, 0.2) is 0 Å². The van der Waals surface area contributed by atoms with E-state index in [-0.39, 0.29) is 12.0 Å². The first kappa shape index (κ1) is 13.5. The molecule has 0 radical (unpaired) electrons. The molecule has 20 heavy (non-hydrogen) atoms. The Bertz CT molecular complexity index is 496. The quantitative estimate of drug-likeness (QED) is 0.891. The Kier molecular flexibility index (Phi) is 3.45. The molecule has 0 amide bonds. The third kappa shape index (κ3) is 2.30. The van der Waals surface area contributed by atoms with Gasteiger partial charge in [-0.05, 0) is 36.6 Å². The molecule has 1 aromatic rings. The second kappa shape index (κ2) is 5.12. The standard InChI is InChI=1S/C13H20N4O3/c1-9-6-10(7-20-9)11-14-15-16-17(11)8-13(12(18)19)4-2-3-5-13/h9-10H,2-8H2,1H3,(H,18,19). The summed E-state index contributed by atoms with van der Waals surface area (Å²) >= 11 is 0. The molecule has 1 aromatic heterocycles. The van der Waals surface area contributed by atoms with Gasteiger partial charge in [0.05, 0.1) is 24.7 Å². The molecule has 1 saturated heterocycles. The highest BCUT2D eigenvalue weighted by atomic mass is 16.5. The Hall–Kier alpha value is -1.50. The van der Waals surface area contributed by atoms with Crippen LogP contribution in [0.1, 0.15) is 50.8 Å². The average molecular weight is 280 g/mol. The molecule has 2 atom stereocenters. The lowest BCUT2D eigenvalue weighted by Crippen LogP contribution is -2.34. The maximum absolute atomic E-state index is 11.6. The van der Waals surface area contributed by atoms with Crippen LogP contribution in [-0.2, 0) is 16.1 Å². The lowest BCUT2D eigenvalue weighted by atomic mass is 9.86. The third-order valence-electron chi connectivity index (χ3n) is 4.59. The van der Waals surface area contributed by atoms with Crippen LogP contribution in [0.4, 0.5) is 0 Å². The summed E-state index contributed by atoms with van der Waals surface area (Å²) in [6.07, 6.45) is 4.45. The van der Waals surface area contributed by atoms with E-state index < -0.39 is 11.4 Å². The van der Waals surface area contributed by atoms with Crippen LogP contribution in [0.3, 0.4) is 0 Å². The fourth-order valence-corrected chi connectivity index (χ4v) is 3.39. The Morgan fingerprint density at radius 3 is 2.85 bits per heavy atom. The number of carbonyl (C=O) groups is 1. The summed E-state index contributed by atoms with van der Waals surface area (Å²) in [7, 11) is 0. The second-order valence-corrected chi connectivity index (χ2v) is 6.06. The summed E-state index contributed by atoms with van der Waals surface area (Å²) in [5.74, 6) is 0.210. The molecular formula is C13H20N4O3. The van der Waals surface area contributed by atoms with Crippen molar-refractivity contribution in [2.24, 2.45) is 5.41 Å². The number of aliphatic carboxylic acids is 1. The van der Waals surface area contributed by atoms with Gasteiger partial charge < -0.3 is 9.84 Å². The summed E-state index contributed by atoms with van der Waals surface area (Å²) < 4.78 is 7.25. The van der Waals surface area contributed by atoms with Gasteiger partial charge >= 0.3 is 5.97 Å². The van der Waals surface area contributed by atoms with Gasteiger partial charge in [-0.15, -0.1) is 5.10 Å². The molecule has 1 aliphatic heterocycles. The Balaban J connectivity index is 1.81. The first-order valence-electron chi connectivity index (χ1n) is 7.22. The van der Waals surface area contributed by atoms with E-state index in [4.69, 9.17) is 4.74 Å². The van der Waals surface area contributed by atoms with Crippen molar-refractivity contribution in [1.29, 1.82) is 0 Å². The Morgan fingerprint density at radius 2 is 2.25 bits per heavy atom. The van der Waals surface area contributed by atoms with Crippen LogP contribution < -0.4 is 0 Å². The van der Waals surface area contributed by atoms with Gasteiger partial charge in [-0.2, -0.15) is 0 Å². The minimum atomic E-state index is -0.729. The van der Waals surface area contributed by atoms with E-state index in [9.17, 15) is 9.90 Å². The number of hydrogen-bond donors (Lipinski definition) is 1. The highest BCUT2D eigenvalue weighted by Gasteiger charge is 2.43. The van der Waals surface area contributed by atoms with Crippen molar-refractivity contribution in [3.05, 3.63) is 5.82 Å². The SMILES string of the molecule is CC1CC(c2nnnn2CC2(C(=O)O)CCCC2)CO1. The van der Waals surface area contributed by atoms with Crippen LogP contribution in [0.2, 0.25) is 0 Å². The number of rotatable bonds is 4. The third-order valence-corrected chi connectivity index (χ3v) is 4.59. The van der Waals surface area contributed by atoms with E-state index in [1.165, 1.54) is 0 Å². The highest BCUT2D eigenvalue weighted by Crippen LogP contribution is 2.40. The zero-order chi connectivity index (χ0) is 14.2. The predicted octanol–water partition coefficient (Wildman–Crippen LogP) is 1.21. The average Bonchev–Trinajstić information content (AvgIpc) is 3.10. The van der Waals surface area contributed by atoms with Crippen LogP contribution in [0.25, 0.3) is 0 Å². The minimum Gasteiger partial charge on any atom is -0.481 e. The van der Waals surface area contributed by atoms with Crippen molar-refractivity contribution < 1.29 is 14.6 Å². The van der Waals surface area contributed by atoms with Crippen LogP contribution in [-0.4, -0.2) is 44.0 Å². The monoisotopic (exact) mass is 280 g/mol. The van der Waals surface area contributed by atoms with Crippen molar-refractivity contribution in [3.8, 4) is 0 Å². The van der Waals surface area contributed by atoms with Crippen LogP contribution >= 0.6 is 0 Å². The maximum atomic E-state index is 11.6. The van der Waals surface area contributed by atoms with Crippen molar-refractivity contribution in [2.45, 2.75) is 57.6 Å². The van der Waals surface area contributed by atoms with E-state index in [1.807, 2.05) is 6.92 Å². The van der Waals surface area contributed by atoms with E-state index in [2.05, 4.69) is 15.5 Å². The zero-order valence-electron chi connectivity index (χ0n) is 11.7. The summed E-state index contributed by atoms with van der Waals surface area (Å²) in [5, 5.41) is 21.4. The van der Waals surface area contributed by atoms with Crippen molar-refractivity contribution in [1.82, 2.24) is 20.2 Å². The van der Waals surface area contributed by atoms with E-state index >= 15 is 0 Å². The molecule has 2 fully saturated rings. The largest absolute Gasteiger partial charge is 0.481 e. The molecule has 110 valence electrons. The lowest BCUT2D eigenvalue weighted by molar-refractivity contribution is -0.149. The summed E-state index contributed by atoms with van der Waals surface area (Å²) in [6, 6.07) is 0. The summed E-state index contributed by atoms with van der Waals surface area (Å²) in [5.41, 5.74) is -0.699. The molecule has 0 bridgehead atoms. The molecule has 2 heterocycles. The fraction of sp³-hybridized carbons (Fsp3) is 0.846. The Morgan fingerprint density at radius 1 is 1.50 bits per heavy atom. The predicted molar refractivity (Wildman–Crippen MR) is 69.1 cm³/mol. The topological polar surface area (TPSA) is 90.1 Å². The van der Waals surface area contributed by atoms with E-state index in [0.717, 1.165) is 25.1 Å².